The van der Waals surface area contributed by atoms with E-state index in [1.54, 1.807) is 31.4 Å². The first-order valence-electron chi connectivity index (χ1n) is 12.3. The van der Waals surface area contributed by atoms with Crippen LogP contribution in [0.1, 0.15) is 44.9 Å². The molecule has 3 aliphatic heterocycles. The Labute approximate surface area is 196 Å². The highest BCUT2D eigenvalue weighted by atomic mass is 16.5. The van der Waals surface area contributed by atoms with Gasteiger partial charge in [-0.2, -0.15) is 0 Å². The van der Waals surface area contributed by atoms with Gasteiger partial charge < -0.3 is 19.9 Å². The van der Waals surface area contributed by atoms with Crippen LogP contribution in [-0.2, 0) is 14.3 Å². The first kappa shape index (κ1) is 23.7. The van der Waals surface area contributed by atoms with Crippen LogP contribution in [0.25, 0.3) is 0 Å². The molecule has 3 aliphatic rings. The number of hydrogen-bond donors (Lipinski definition) is 1. The van der Waals surface area contributed by atoms with Gasteiger partial charge in [-0.3, -0.25) is 9.59 Å². The molecular weight excluding hydrogens is 420 g/mol. The number of nitrogens with one attached hydrogen (secondary N) is 1. The van der Waals surface area contributed by atoms with Gasteiger partial charge in [0.05, 0.1) is 12.1 Å². The van der Waals surface area contributed by atoms with Gasteiger partial charge in [-0.05, 0) is 63.2 Å². The molecule has 3 fully saturated rings. The van der Waals surface area contributed by atoms with Gasteiger partial charge in [-0.15, -0.1) is 0 Å². The molecule has 1 aromatic carbocycles. The average Bonchev–Trinajstić information content (AvgIpc) is 3.11. The second-order valence-corrected chi connectivity index (χ2v) is 9.40. The number of urea groups is 1. The van der Waals surface area contributed by atoms with Crippen molar-refractivity contribution in [3.05, 3.63) is 30.3 Å². The van der Waals surface area contributed by atoms with Crippen LogP contribution in [0.4, 0.5) is 10.5 Å². The van der Waals surface area contributed by atoms with E-state index in [2.05, 4.69) is 10.2 Å². The fraction of sp³-hybridized carbons (Fsp3) is 0.640. The smallest absolute Gasteiger partial charge is 0.329 e. The summed E-state index contributed by atoms with van der Waals surface area (Å²) in [5, 5.41) is 2.71. The van der Waals surface area contributed by atoms with Crippen molar-refractivity contribution in [2.45, 2.75) is 57.0 Å². The zero-order chi connectivity index (χ0) is 23.2. The normalized spacial score (nSPS) is 25.6. The summed E-state index contributed by atoms with van der Waals surface area (Å²) in [4.78, 5) is 44.5. The molecule has 4 amide bonds. The van der Waals surface area contributed by atoms with E-state index in [9.17, 15) is 14.4 Å². The molecule has 0 spiro atoms. The van der Waals surface area contributed by atoms with Crippen LogP contribution in [0.3, 0.4) is 0 Å². The second-order valence-electron chi connectivity index (χ2n) is 9.40. The maximum Gasteiger partial charge on any atom is 0.329 e. The fourth-order valence-corrected chi connectivity index (χ4v) is 5.59. The van der Waals surface area contributed by atoms with Crippen molar-refractivity contribution in [1.29, 1.82) is 0 Å². The summed E-state index contributed by atoms with van der Waals surface area (Å²) in [6.07, 6.45) is 6.77. The average molecular weight is 457 g/mol. The molecule has 8 nitrogen and oxygen atoms in total. The SMILES string of the molecule is COCCCN(C[C@@H]1CCCN2CCCC[C@@H]12)C(=O)C[C@H]1NC(=O)N(c2ccccc2)C1=O. The largest absolute Gasteiger partial charge is 0.385 e. The molecule has 0 unspecified atom stereocenters. The van der Waals surface area contributed by atoms with Crippen LogP contribution in [0, 0.1) is 5.92 Å². The van der Waals surface area contributed by atoms with Crippen molar-refractivity contribution in [2.75, 3.05) is 44.8 Å². The van der Waals surface area contributed by atoms with E-state index in [1.807, 2.05) is 11.0 Å². The summed E-state index contributed by atoms with van der Waals surface area (Å²) in [6, 6.07) is 8.09. The Morgan fingerprint density at radius 1 is 1.12 bits per heavy atom. The maximum absolute atomic E-state index is 13.4. The van der Waals surface area contributed by atoms with Crippen LogP contribution >= 0.6 is 0 Å². The summed E-state index contributed by atoms with van der Waals surface area (Å²) in [5.41, 5.74) is 0.520. The predicted molar refractivity (Wildman–Crippen MR) is 126 cm³/mol. The zero-order valence-electron chi connectivity index (χ0n) is 19.6. The Kier molecular flexibility index (Phi) is 7.98. The summed E-state index contributed by atoms with van der Waals surface area (Å²) < 4.78 is 5.21. The number of hydrogen-bond acceptors (Lipinski definition) is 5. The van der Waals surface area contributed by atoms with Gasteiger partial charge in [0, 0.05) is 32.8 Å². The number of ether oxygens (including phenoxy) is 1. The lowest BCUT2D eigenvalue weighted by Gasteiger charge is -2.45. The third-order valence-electron chi connectivity index (χ3n) is 7.23. The number of carbonyl (C=O) groups is 3. The number of amides is 4. The Balaban J connectivity index is 1.42. The molecule has 3 heterocycles. The number of fused-ring (bicyclic) bond motifs is 1. The van der Waals surface area contributed by atoms with E-state index in [0.29, 0.717) is 37.3 Å². The van der Waals surface area contributed by atoms with Crippen LogP contribution in [-0.4, -0.2) is 79.6 Å². The van der Waals surface area contributed by atoms with Gasteiger partial charge in [0.15, 0.2) is 0 Å². The van der Waals surface area contributed by atoms with Crippen LogP contribution in [0.5, 0.6) is 0 Å². The highest BCUT2D eigenvalue weighted by molar-refractivity contribution is 6.22. The van der Waals surface area contributed by atoms with Crippen LogP contribution in [0.15, 0.2) is 30.3 Å². The molecule has 1 aromatic rings. The molecule has 0 saturated carbocycles. The van der Waals surface area contributed by atoms with E-state index in [4.69, 9.17) is 4.74 Å². The third kappa shape index (κ3) is 5.55. The van der Waals surface area contributed by atoms with Crippen molar-refractivity contribution < 1.29 is 19.1 Å². The van der Waals surface area contributed by atoms with Crippen molar-refractivity contribution in [3.8, 4) is 0 Å². The van der Waals surface area contributed by atoms with Gasteiger partial charge in [-0.1, -0.05) is 24.6 Å². The number of benzene rings is 1. The minimum atomic E-state index is -0.826. The van der Waals surface area contributed by atoms with Crippen molar-refractivity contribution >= 4 is 23.5 Å². The van der Waals surface area contributed by atoms with Crippen LogP contribution in [0.2, 0.25) is 0 Å². The summed E-state index contributed by atoms with van der Waals surface area (Å²) in [5.74, 6) is 0.0142. The predicted octanol–water partition coefficient (Wildman–Crippen LogP) is 2.63. The topological polar surface area (TPSA) is 82.2 Å². The van der Waals surface area contributed by atoms with Gasteiger partial charge in [0.2, 0.25) is 5.91 Å². The minimum Gasteiger partial charge on any atom is -0.385 e. The zero-order valence-corrected chi connectivity index (χ0v) is 19.6. The molecule has 4 rings (SSSR count). The highest BCUT2D eigenvalue weighted by Crippen LogP contribution is 2.31. The Morgan fingerprint density at radius 2 is 1.91 bits per heavy atom. The summed E-state index contributed by atoms with van der Waals surface area (Å²) >= 11 is 0. The highest BCUT2D eigenvalue weighted by Gasteiger charge is 2.41. The van der Waals surface area contributed by atoms with Gasteiger partial charge in [0.1, 0.15) is 6.04 Å². The van der Waals surface area contributed by atoms with Gasteiger partial charge in [-0.25, -0.2) is 9.69 Å². The second kappa shape index (κ2) is 11.1. The Bertz CT molecular complexity index is 831. The van der Waals surface area contributed by atoms with Crippen LogP contribution < -0.4 is 10.2 Å². The Hall–Kier alpha value is -2.45. The number of rotatable bonds is 9. The van der Waals surface area contributed by atoms with Gasteiger partial charge >= 0.3 is 6.03 Å². The molecule has 0 bridgehead atoms. The van der Waals surface area contributed by atoms with E-state index in [0.717, 1.165) is 30.8 Å². The third-order valence-corrected chi connectivity index (χ3v) is 7.23. The van der Waals surface area contributed by atoms with Crippen molar-refractivity contribution in [1.82, 2.24) is 15.1 Å². The molecule has 0 aromatic heterocycles. The van der Waals surface area contributed by atoms with E-state index < -0.39 is 12.1 Å². The van der Waals surface area contributed by atoms with Crippen molar-refractivity contribution in [2.24, 2.45) is 5.92 Å². The molecule has 3 saturated heterocycles. The number of nitrogens with zero attached hydrogens (tertiary/aromatic N) is 3. The lowest BCUT2D eigenvalue weighted by Crippen LogP contribution is -2.52. The number of methoxy groups -OCH3 is 1. The fourth-order valence-electron chi connectivity index (χ4n) is 5.59. The first-order chi connectivity index (χ1) is 16.1. The first-order valence-corrected chi connectivity index (χ1v) is 12.3. The standard InChI is InChI=1S/C25H36N4O4/c1-33-16-8-15-28(18-19-9-7-14-27-13-6-5-12-22(19)27)23(30)17-21-24(31)29(25(32)26-21)20-10-3-2-4-11-20/h2-4,10-11,19,21-22H,5-9,12-18H2,1H3,(H,26,32)/t19-,21+,22-/m0/s1. The van der Waals surface area contributed by atoms with E-state index in [1.165, 1.54) is 25.7 Å². The number of para-hydroxylation sites is 1. The summed E-state index contributed by atoms with van der Waals surface area (Å²) in [7, 11) is 1.66. The molecule has 3 atom stereocenters. The minimum absolute atomic E-state index is 0.0119. The summed E-state index contributed by atoms with van der Waals surface area (Å²) in [6.45, 7) is 4.23. The molecule has 33 heavy (non-hydrogen) atoms. The maximum atomic E-state index is 13.4. The molecule has 1 N–H and O–H groups in total. The number of piperidine rings is 2. The van der Waals surface area contributed by atoms with Crippen molar-refractivity contribution in [3.63, 3.8) is 0 Å². The van der Waals surface area contributed by atoms with Gasteiger partial charge in [0.25, 0.3) is 5.91 Å². The molecular formula is C25H36N4O4. The number of carbonyl (C=O) groups excluding carboxylic acids is 3. The van der Waals surface area contributed by atoms with E-state index in [-0.39, 0.29) is 18.2 Å². The lowest BCUT2D eigenvalue weighted by atomic mass is 9.83. The Morgan fingerprint density at radius 3 is 2.70 bits per heavy atom. The number of anilines is 1. The molecule has 180 valence electrons. The lowest BCUT2D eigenvalue weighted by molar-refractivity contribution is -0.135. The molecule has 0 radical (unpaired) electrons. The van der Waals surface area contributed by atoms with E-state index >= 15 is 0 Å². The molecule has 8 heteroatoms. The molecule has 0 aliphatic carbocycles. The number of imide groups is 1. The monoisotopic (exact) mass is 456 g/mol. The quantitative estimate of drug-likeness (QED) is 0.456.